The smallest absolute Gasteiger partial charge is 0.185 e. The molecule has 114 valence electrons. The summed E-state index contributed by atoms with van der Waals surface area (Å²) in [6, 6.07) is 0. The van der Waals surface area contributed by atoms with Gasteiger partial charge in [-0.25, -0.2) is 4.98 Å². The van der Waals surface area contributed by atoms with Gasteiger partial charge in [-0.3, -0.25) is 0 Å². The molecule has 0 aliphatic carbocycles. The normalized spacial score (nSPS) is 19.5. The minimum absolute atomic E-state index is 0.131. The Morgan fingerprint density at radius 1 is 1.50 bits per heavy atom. The largest absolute Gasteiger partial charge is 0.376 e. The topological polar surface area (TPSA) is 37.4 Å². The zero-order chi connectivity index (χ0) is 14.6. The van der Waals surface area contributed by atoms with Crippen LogP contribution in [0.5, 0.6) is 0 Å². The first-order chi connectivity index (χ1) is 9.48. The van der Waals surface area contributed by atoms with Crippen molar-refractivity contribution in [2.24, 2.45) is 0 Å². The molecule has 1 unspecified atom stereocenters. The highest BCUT2D eigenvalue weighted by atomic mass is 32.1. The Labute approximate surface area is 126 Å². The summed E-state index contributed by atoms with van der Waals surface area (Å²) in [7, 11) is 0. The number of hydrogen-bond acceptors (Lipinski definition) is 5. The van der Waals surface area contributed by atoms with Crippen LogP contribution in [0.1, 0.15) is 46.2 Å². The highest BCUT2D eigenvalue weighted by Crippen LogP contribution is 2.23. The molecule has 4 nitrogen and oxygen atoms in total. The van der Waals surface area contributed by atoms with Gasteiger partial charge >= 0.3 is 0 Å². The number of nitrogens with one attached hydrogen (secondary N) is 1. The zero-order valence-electron chi connectivity index (χ0n) is 13.1. The maximum Gasteiger partial charge on any atom is 0.185 e. The van der Waals surface area contributed by atoms with E-state index >= 15 is 0 Å². The first kappa shape index (κ1) is 15.7. The molecule has 5 heteroatoms. The molecule has 0 amide bonds. The van der Waals surface area contributed by atoms with Gasteiger partial charge in [0.15, 0.2) is 5.13 Å². The Hall–Kier alpha value is -0.650. The summed E-state index contributed by atoms with van der Waals surface area (Å²) in [5.41, 5.74) is 1.26. The summed E-state index contributed by atoms with van der Waals surface area (Å²) in [6.07, 6.45) is 2.76. The highest BCUT2D eigenvalue weighted by Gasteiger charge is 2.20. The second-order valence-electron chi connectivity index (χ2n) is 6.40. The van der Waals surface area contributed by atoms with Crippen molar-refractivity contribution in [2.45, 2.75) is 58.7 Å². The van der Waals surface area contributed by atoms with Gasteiger partial charge in [-0.15, -0.1) is 11.3 Å². The van der Waals surface area contributed by atoms with Crippen LogP contribution in [0.25, 0.3) is 0 Å². The molecule has 1 aromatic rings. The van der Waals surface area contributed by atoms with Gasteiger partial charge in [-0.2, -0.15) is 0 Å². The number of aromatic nitrogens is 1. The van der Waals surface area contributed by atoms with E-state index in [1.54, 1.807) is 11.3 Å². The molecule has 0 saturated carbocycles. The monoisotopic (exact) mass is 297 g/mol. The molecule has 1 saturated heterocycles. The Morgan fingerprint density at radius 3 is 2.90 bits per heavy atom. The molecule has 1 fully saturated rings. The Balaban J connectivity index is 1.91. The molecule has 1 atom stereocenters. The standard InChI is InChI=1S/C15H27N3OS/c1-5-18(10-13-7-6-8-19-13)14-17-12(11-20-14)9-16-15(2,3)4/h11,13,16H,5-10H2,1-4H3. The number of hydrogen-bond donors (Lipinski definition) is 1. The number of nitrogens with zero attached hydrogens (tertiary/aromatic N) is 2. The second kappa shape index (κ2) is 6.87. The van der Waals surface area contributed by atoms with Crippen molar-refractivity contribution in [1.82, 2.24) is 10.3 Å². The third-order valence-corrected chi connectivity index (χ3v) is 4.39. The quantitative estimate of drug-likeness (QED) is 0.876. The minimum Gasteiger partial charge on any atom is -0.376 e. The lowest BCUT2D eigenvalue weighted by Gasteiger charge is -2.23. The van der Waals surface area contributed by atoms with Gasteiger partial charge < -0.3 is 15.0 Å². The number of thiazole rings is 1. The van der Waals surface area contributed by atoms with Crippen molar-refractivity contribution < 1.29 is 4.74 Å². The molecular formula is C15H27N3OS. The molecule has 2 rings (SSSR count). The average Bonchev–Trinajstić information content (AvgIpc) is 3.04. The number of rotatable bonds is 6. The van der Waals surface area contributed by atoms with Gasteiger partial charge in [0, 0.05) is 37.2 Å². The third-order valence-electron chi connectivity index (χ3n) is 3.44. The lowest BCUT2D eigenvalue weighted by Crippen LogP contribution is -2.35. The van der Waals surface area contributed by atoms with Crippen LogP contribution < -0.4 is 10.2 Å². The van der Waals surface area contributed by atoms with Crippen molar-refractivity contribution in [3.8, 4) is 0 Å². The second-order valence-corrected chi connectivity index (χ2v) is 7.24. The van der Waals surface area contributed by atoms with Gasteiger partial charge in [0.05, 0.1) is 11.8 Å². The third kappa shape index (κ3) is 4.72. The highest BCUT2D eigenvalue weighted by molar-refractivity contribution is 7.13. The van der Waals surface area contributed by atoms with Gasteiger partial charge in [0.25, 0.3) is 0 Å². The van der Waals surface area contributed by atoms with E-state index in [0.29, 0.717) is 6.10 Å². The predicted molar refractivity (Wildman–Crippen MR) is 85.6 cm³/mol. The van der Waals surface area contributed by atoms with E-state index in [4.69, 9.17) is 9.72 Å². The van der Waals surface area contributed by atoms with Crippen molar-refractivity contribution in [2.75, 3.05) is 24.6 Å². The summed E-state index contributed by atoms with van der Waals surface area (Å²) in [6.45, 7) is 12.4. The fraction of sp³-hybridized carbons (Fsp3) is 0.800. The first-order valence-corrected chi connectivity index (χ1v) is 8.42. The molecule has 0 bridgehead atoms. The summed E-state index contributed by atoms with van der Waals surface area (Å²) < 4.78 is 5.73. The fourth-order valence-electron chi connectivity index (χ4n) is 2.26. The minimum atomic E-state index is 0.131. The maximum atomic E-state index is 5.73. The Bertz CT molecular complexity index is 407. The van der Waals surface area contributed by atoms with Crippen molar-refractivity contribution in [1.29, 1.82) is 0 Å². The van der Waals surface area contributed by atoms with Gasteiger partial charge in [-0.1, -0.05) is 0 Å². The van der Waals surface area contributed by atoms with Crippen molar-refractivity contribution >= 4 is 16.5 Å². The fourth-order valence-corrected chi connectivity index (χ4v) is 3.16. The predicted octanol–water partition coefficient (Wildman–Crippen LogP) is 3.04. The van der Waals surface area contributed by atoms with Crippen LogP contribution in [0.3, 0.4) is 0 Å². The first-order valence-electron chi connectivity index (χ1n) is 7.54. The molecule has 1 aromatic heterocycles. The van der Waals surface area contributed by atoms with E-state index in [1.807, 2.05) is 0 Å². The van der Waals surface area contributed by atoms with Gasteiger partial charge in [0.2, 0.25) is 0 Å². The maximum absolute atomic E-state index is 5.73. The van der Waals surface area contributed by atoms with E-state index in [2.05, 4.69) is 43.3 Å². The van der Waals surface area contributed by atoms with E-state index in [0.717, 1.165) is 37.1 Å². The zero-order valence-corrected chi connectivity index (χ0v) is 13.9. The molecule has 0 aromatic carbocycles. The van der Waals surface area contributed by atoms with Crippen LogP contribution in [0.2, 0.25) is 0 Å². The molecule has 1 aliphatic heterocycles. The van der Waals surface area contributed by atoms with Crippen molar-refractivity contribution in [3.05, 3.63) is 11.1 Å². The lowest BCUT2D eigenvalue weighted by atomic mass is 10.1. The summed E-state index contributed by atoms with van der Waals surface area (Å²) in [5.74, 6) is 0. The van der Waals surface area contributed by atoms with Gasteiger partial charge in [0.1, 0.15) is 0 Å². The molecular weight excluding hydrogens is 270 g/mol. The number of anilines is 1. The van der Waals surface area contributed by atoms with Crippen molar-refractivity contribution in [3.63, 3.8) is 0 Å². The van der Waals surface area contributed by atoms with Crippen LogP contribution in [0, 0.1) is 0 Å². The van der Waals surface area contributed by atoms with Gasteiger partial charge in [-0.05, 0) is 40.5 Å². The number of likely N-dealkylation sites (N-methyl/N-ethyl adjacent to an activating group) is 1. The van der Waals surface area contributed by atoms with E-state index in [1.165, 1.54) is 12.8 Å². The van der Waals surface area contributed by atoms with Crippen LogP contribution >= 0.6 is 11.3 Å². The molecule has 2 heterocycles. The SMILES string of the molecule is CCN(CC1CCCO1)c1nc(CNC(C)(C)C)cs1. The van der Waals surface area contributed by atoms with Crippen LogP contribution in [-0.4, -0.2) is 36.3 Å². The Morgan fingerprint density at radius 2 is 2.30 bits per heavy atom. The summed E-state index contributed by atoms with van der Waals surface area (Å²) in [4.78, 5) is 7.09. The molecule has 20 heavy (non-hydrogen) atoms. The van der Waals surface area contributed by atoms with E-state index in [-0.39, 0.29) is 5.54 Å². The molecule has 0 spiro atoms. The lowest BCUT2D eigenvalue weighted by molar-refractivity contribution is 0.115. The summed E-state index contributed by atoms with van der Waals surface area (Å²) >= 11 is 1.74. The molecule has 1 N–H and O–H groups in total. The van der Waals surface area contributed by atoms with E-state index in [9.17, 15) is 0 Å². The van der Waals surface area contributed by atoms with Crippen LogP contribution in [0.4, 0.5) is 5.13 Å². The molecule has 0 radical (unpaired) electrons. The summed E-state index contributed by atoms with van der Waals surface area (Å²) in [5, 5.41) is 6.76. The molecule has 1 aliphatic rings. The van der Waals surface area contributed by atoms with Crippen LogP contribution in [0.15, 0.2) is 5.38 Å². The average molecular weight is 297 g/mol. The van der Waals surface area contributed by atoms with Crippen LogP contribution in [-0.2, 0) is 11.3 Å². The number of ether oxygens (including phenoxy) is 1. The van der Waals surface area contributed by atoms with E-state index < -0.39 is 0 Å². The Kier molecular flexibility index (Phi) is 5.41.